The number of amides is 1. The molecule has 2 heterocycles. The van der Waals surface area contributed by atoms with E-state index in [9.17, 15) is 4.79 Å². The van der Waals surface area contributed by atoms with Gasteiger partial charge in [-0.3, -0.25) is 4.79 Å². The van der Waals surface area contributed by atoms with Gasteiger partial charge in [0.15, 0.2) is 0 Å². The Morgan fingerprint density at radius 2 is 1.95 bits per heavy atom. The summed E-state index contributed by atoms with van der Waals surface area (Å²) in [5.41, 5.74) is 3.95. The molecule has 0 aliphatic carbocycles. The number of aromatic nitrogens is 2. The van der Waals surface area contributed by atoms with Gasteiger partial charge in [0.05, 0.1) is 18.7 Å². The monoisotopic (exact) mass is 279 g/mol. The first-order valence-electron chi connectivity index (χ1n) is 6.95. The fourth-order valence-corrected chi connectivity index (χ4v) is 2.27. The van der Waals surface area contributed by atoms with Crippen LogP contribution in [0.5, 0.6) is 0 Å². The summed E-state index contributed by atoms with van der Waals surface area (Å²) in [6, 6.07) is 13.7. The lowest BCUT2D eigenvalue weighted by Gasteiger charge is -2.03. The summed E-state index contributed by atoms with van der Waals surface area (Å²) in [6.07, 6.45) is 4.37. The van der Waals surface area contributed by atoms with Crippen LogP contribution < -0.4 is 5.32 Å². The molecular formula is C17H17N3O. The van der Waals surface area contributed by atoms with Gasteiger partial charge < -0.3 is 9.72 Å². The molecule has 1 amide bonds. The molecule has 0 saturated carbocycles. The van der Waals surface area contributed by atoms with E-state index in [0.29, 0.717) is 13.0 Å². The maximum Gasteiger partial charge on any atom is 0.224 e. The van der Waals surface area contributed by atoms with E-state index in [2.05, 4.69) is 10.3 Å². The zero-order valence-electron chi connectivity index (χ0n) is 11.9. The smallest absolute Gasteiger partial charge is 0.224 e. The Balaban J connectivity index is 1.62. The van der Waals surface area contributed by atoms with Crippen LogP contribution in [0.3, 0.4) is 0 Å². The van der Waals surface area contributed by atoms with Crippen LogP contribution in [0.25, 0.3) is 5.65 Å². The van der Waals surface area contributed by atoms with Gasteiger partial charge in [-0.1, -0.05) is 36.4 Å². The van der Waals surface area contributed by atoms with Crippen LogP contribution in [0.4, 0.5) is 0 Å². The van der Waals surface area contributed by atoms with Crippen molar-refractivity contribution in [3.8, 4) is 0 Å². The van der Waals surface area contributed by atoms with Crippen molar-refractivity contribution in [1.29, 1.82) is 0 Å². The molecule has 106 valence electrons. The Labute approximate surface area is 123 Å². The third kappa shape index (κ3) is 3.28. The van der Waals surface area contributed by atoms with Crippen LogP contribution in [0.2, 0.25) is 0 Å². The Hall–Kier alpha value is -2.62. The molecule has 0 aliphatic rings. The van der Waals surface area contributed by atoms with Gasteiger partial charge in [0, 0.05) is 12.4 Å². The molecule has 0 fully saturated rings. The SMILES string of the molecule is Cc1ccc2nc(CNC(=O)Cc3ccccc3)cn2c1. The number of nitrogens with zero attached hydrogens (tertiary/aromatic N) is 2. The first kappa shape index (κ1) is 13.4. The molecule has 1 N–H and O–H groups in total. The minimum Gasteiger partial charge on any atom is -0.350 e. The summed E-state index contributed by atoms with van der Waals surface area (Å²) >= 11 is 0. The van der Waals surface area contributed by atoms with Crippen LogP contribution in [0.1, 0.15) is 16.8 Å². The van der Waals surface area contributed by atoms with Gasteiger partial charge in [0.1, 0.15) is 5.65 Å². The van der Waals surface area contributed by atoms with Crippen molar-refractivity contribution >= 4 is 11.6 Å². The average molecular weight is 279 g/mol. The van der Waals surface area contributed by atoms with Gasteiger partial charge in [-0.2, -0.15) is 0 Å². The molecule has 0 aliphatic heterocycles. The molecule has 0 radical (unpaired) electrons. The van der Waals surface area contributed by atoms with Crippen LogP contribution in [0, 0.1) is 6.92 Å². The highest BCUT2D eigenvalue weighted by molar-refractivity contribution is 5.78. The quantitative estimate of drug-likeness (QED) is 0.797. The summed E-state index contributed by atoms with van der Waals surface area (Å²) in [6.45, 7) is 2.49. The van der Waals surface area contributed by atoms with Crippen molar-refractivity contribution in [2.75, 3.05) is 0 Å². The molecule has 0 bridgehead atoms. The number of pyridine rings is 1. The zero-order chi connectivity index (χ0) is 14.7. The Morgan fingerprint density at radius 1 is 1.14 bits per heavy atom. The highest BCUT2D eigenvalue weighted by Crippen LogP contribution is 2.07. The van der Waals surface area contributed by atoms with E-state index in [0.717, 1.165) is 16.9 Å². The van der Waals surface area contributed by atoms with Crippen molar-refractivity contribution in [2.45, 2.75) is 19.9 Å². The second kappa shape index (κ2) is 5.79. The summed E-state index contributed by atoms with van der Waals surface area (Å²) in [4.78, 5) is 16.4. The van der Waals surface area contributed by atoms with Gasteiger partial charge in [-0.15, -0.1) is 0 Å². The molecule has 0 atom stereocenters. The summed E-state index contributed by atoms with van der Waals surface area (Å²) in [5, 5.41) is 2.91. The standard InChI is InChI=1S/C17H17N3O/c1-13-7-8-16-19-15(12-20(16)11-13)10-18-17(21)9-14-5-3-2-4-6-14/h2-8,11-12H,9-10H2,1H3,(H,18,21). The molecule has 3 aromatic rings. The van der Waals surface area contributed by atoms with E-state index >= 15 is 0 Å². The second-order valence-electron chi connectivity index (χ2n) is 5.14. The normalized spacial score (nSPS) is 10.7. The Bertz CT molecular complexity index is 762. The number of carbonyl (C=O) groups excluding carboxylic acids is 1. The number of hydrogen-bond donors (Lipinski definition) is 1. The first-order chi connectivity index (χ1) is 10.2. The minimum atomic E-state index is 0.00874. The number of imidazole rings is 1. The van der Waals surface area contributed by atoms with Crippen molar-refractivity contribution in [2.24, 2.45) is 0 Å². The molecule has 3 rings (SSSR count). The number of carbonyl (C=O) groups is 1. The number of nitrogens with one attached hydrogen (secondary N) is 1. The topological polar surface area (TPSA) is 46.4 Å². The largest absolute Gasteiger partial charge is 0.350 e. The van der Waals surface area contributed by atoms with E-state index < -0.39 is 0 Å². The maximum absolute atomic E-state index is 11.9. The van der Waals surface area contributed by atoms with Crippen molar-refractivity contribution in [3.05, 3.63) is 71.7 Å². The van der Waals surface area contributed by atoms with E-state index in [4.69, 9.17) is 0 Å². The molecule has 0 spiro atoms. The second-order valence-corrected chi connectivity index (χ2v) is 5.14. The van der Waals surface area contributed by atoms with E-state index in [1.54, 1.807) is 0 Å². The highest BCUT2D eigenvalue weighted by Gasteiger charge is 2.05. The number of aryl methyl sites for hydroxylation is 1. The molecule has 21 heavy (non-hydrogen) atoms. The Kier molecular flexibility index (Phi) is 3.69. The predicted octanol–water partition coefficient (Wildman–Crippen LogP) is 2.50. The fraction of sp³-hybridized carbons (Fsp3) is 0.176. The average Bonchev–Trinajstić information content (AvgIpc) is 2.88. The molecule has 4 heteroatoms. The number of benzene rings is 1. The predicted molar refractivity (Wildman–Crippen MR) is 81.9 cm³/mol. The third-order valence-electron chi connectivity index (χ3n) is 3.32. The molecular weight excluding hydrogens is 262 g/mol. The number of hydrogen-bond acceptors (Lipinski definition) is 2. The van der Waals surface area contributed by atoms with Crippen molar-refractivity contribution in [3.63, 3.8) is 0 Å². The lowest BCUT2D eigenvalue weighted by molar-refractivity contribution is -0.120. The highest BCUT2D eigenvalue weighted by atomic mass is 16.1. The van der Waals surface area contributed by atoms with Crippen LogP contribution in [0.15, 0.2) is 54.9 Å². The first-order valence-corrected chi connectivity index (χ1v) is 6.95. The van der Waals surface area contributed by atoms with Gasteiger partial charge in [-0.25, -0.2) is 4.98 Å². The van der Waals surface area contributed by atoms with E-state index in [-0.39, 0.29) is 5.91 Å². The number of rotatable bonds is 4. The van der Waals surface area contributed by atoms with Crippen molar-refractivity contribution in [1.82, 2.24) is 14.7 Å². The zero-order valence-corrected chi connectivity index (χ0v) is 11.9. The lowest BCUT2D eigenvalue weighted by Crippen LogP contribution is -2.24. The van der Waals surface area contributed by atoms with Crippen LogP contribution in [-0.4, -0.2) is 15.3 Å². The third-order valence-corrected chi connectivity index (χ3v) is 3.32. The van der Waals surface area contributed by atoms with Crippen molar-refractivity contribution < 1.29 is 4.79 Å². The summed E-state index contributed by atoms with van der Waals surface area (Å²) < 4.78 is 1.98. The molecule has 0 unspecified atom stereocenters. The van der Waals surface area contributed by atoms with Gasteiger partial charge in [0.25, 0.3) is 0 Å². The molecule has 2 aromatic heterocycles. The van der Waals surface area contributed by atoms with Crippen LogP contribution >= 0.6 is 0 Å². The molecule has 0 saturated heterocycles. The van der Waals surface area contributed by atoms with E-state index in [1.807, 2.05) is 66.2 Å². The fourth-order valence-electron chi connectivity index (χ4n) is 2.27. The summed E-state index contributed by atoms with van der Waals surface area (Å²) in [5.74, 6) is 0.00874. The lowest BCUT2D eigenvalue weighted by atomic mass is 10.1. The van der Waals surface area contributed by atoms with Gasteiger partial charge in [0.2, 0.25) is 5.91 Å². The van der Waals surface area contributed by atoms with Gasteiger partial charge >= 0.3 is 0 Å². The maximum atomic E-state index is 11.9. The van der Waals surface area contributed by atoms with Gasteiger partial charge in [-0.05, 0) is 24.1 Å². The molecule has 4 nitrogen and oxygen atoms in total. The molecule has 1 aromatic carbocycles. The number of fused-ring (bicyclic) bond motifs is 1. The Morgan fingerprint density at radius 3 is 2.76 bits per heavy atom. The van der Waals surface area contributed by atoms with Crippen LogP contribution in [-0.2, 0) is 17.8 Å². The summed E-state index contributed by atoms with van der Waals surface area (Å²) in [7, 11) is 0. The minimum absolute atomic E-state index is 0.00874. The van der Waals surface area contributed by atoms with E-state index in [1.165, 1.54) is 5.56 Å².